The molecule has 1 aromatic heterocycles. The summed E-state index contributed by atoms with van der Waals surface area (Å²) in [7, 11) is 0. The lowest BCUT2D eigenvalue weighted by Gasteiger charge is -2.32. The van der Waals surface area contributed by atoms with Gasteiger partial charge in [-0.05, 0) is 45.6 Å². The molecule has 0 spiro atoms. The molecule has 0 radical (unpaired) electrons. The Morgan fingerprint density at radius 2 is 2.15 bits per heavy atom. The molecular weight excluding hydrogens is 250 g/mol. The molecule has 2 rings (SSSR count). The van der Waals surface area contributed by atoms with Crippen molar-refractivity contribution < 1.29 is 5.11 Å². The zero-order chi connectivity index (χ0) is 14.5. The maximum Gasteiger partial charge on any atom is 0.0644 e. The van der Waals surface area contributed by atoms with E-state index in [0.717, 1.165) is 18.2 Å². The Bertz CT molecular complexity index is 426. The van der Waals surface area contributed by atoms with Crippen molar-refractivity contribution in [1.29, 1.82) is 0 Å². The molecule has 1 atom stereocenters. The van der Waals surface area contributed by atoms with Crippen molar-refractivity contribution >= 4 is 0 Å². The van der Waals surface area contributed by atoms with E-state index in [-0.39, 0.29) is 6.61 Å². The Balaban J connectivity index is 2.02. The molecule has 0 saturated carbocycles. The fraction of sp³-hybridized carbons (Fsp3) is 0.812. The third-order valence-electron chi connectivity index (χ3n) is 4.52. The molecule has 1 aliphatic rings. The van der Waals surface area contributed by atoms with Crippen molar-refractivity contribution in [2.45, 2.75) is 59.5 Å². The van der Waals surface area contributed by atoms with Gasteiger partial charge < -0.3 is 5.11 Å². The molecule has 1 saturated heterocycles. The average Bonchev–Trinajstić information content (AvgIpc) is 2.68. The van der Waals surface area contributed by atoms with Gasteiger partial charge in [0, 0.05) is 24.3 Å². The van der Waals surface area contributed by atoms with Crippen LogP contribution in [-0.4, -0.2) is 39.5 Å². The molecule has 1 aliphatic heterocycles. The fourth-order valence-electron chi connectivity index (χ4n) is 3.44. The van der Waals surface area contributed by atoms with E-state index in [0.29, 0.717) is 6.54 Å². The van der Waals surface area contributed by atoms with Crippen LogP contribution in [0.4, 0.5) is 0 Å². The quantitative estimate of drug-likeness (QED) is 0.870. The smallest absolute Gasteiger partial charge is 0.0644 e. The number of piperidine rings is 1. The molecule has 1 unspecified atom stereocenters. The van der Waals surface area contributed by atoms with E-state index in [1.807, 2.05) is 4.68 Å². The molecule has 1 N–H and O–H groups in total. The zero-order valence-electron chi connectivity index (χ0n) is 13.2. The summed E-state index contributed by atoms with van der Waals surface area (Å²) in [5.74, 6) is 0.877. The molecule has 4 heteroatoms. The van der Waals surface area contributed by atoms with Gasteiger partial charge in [-0.3, -0.25) is 9.58 Å². The monoisotopic (exact) mass is 279 g/mol. The molecule has 114 valence electrons. The number of aromatic nitrogens is 2. The van der Waals surface area contributed by atoms with Gasteiger partial charge in [0.25, 0.3) is 0 Å². The standard InChI is InChI=1S/C16H29N3O/c1-4-6-15-7-5-8-18(11-15)12-16-13(2)17-19(9-10-20)14(16)3/h15,20H,4-12H2,1-3H3. The first kappa shape index (κ1) is 15.5. The molecule has 0 aromatic carbocycles. The van der Waals surface area contributed by atoms with Crippen LogP contribution in [0.15, 0.2) is 0 Å². The second kappa shape index (κ2) is 7.23. The van der Waals surface area contributed by atoms with Crippen LogP contribution in [0.2, 0.25) is 0 Å². The zero-order valence-corrected chi connectivity index (χ0v) is 13.2. The van der Waals surface area contributed by atoms with Crippen LogP contribution in [0.3, 0.4) is 0 Å². The SMILES string of the molecule is CCCC1CCCN(Cc2c(C)nn(CCO)c2C)C1. The average molecular weight is 279 g/mol. The molecule has 1 aromatic rings. The summed E-state index contributed by atoms with van der Waals surface area (Å²) < 4.78 is 1.94. The molecule has 4 nitrogen and oxygen atoms in total. The van der Waals surface area contributed by atoms with Crippen LogP contribution in [0.1, 0.15) is 49.6 Å². The predicted molar refractivity (Wildman–Crippen MR) is 81.7 cm³/mol. The highest BCUT2D eigenvalue weighted by Gasteiger charge is 2.21. The van der Waals surface area contributed by atoms with E-state index in [9.17, 15) is 0 Å². The van der Waals surface area contributed by atoms with Gasteiger partial charge in [-0.25, -0.2) is 0 Å². The van der Waals surface area contributed by atoms with Gasteiger partial charge in [-0.1, -0.05) is 13.3 Å². The highest BCUT2D eigenvalue weighted by atomic mass is 16.3. The third kappa shape index (κ3) is 3.61. The minimum absolute atomic E-state index is 0.156. The second-order valence-electron chi connectivity index (χ2n) is 6.13. The summed E-state index contributed by atoms with van der Waals surface area (Å²) in [5.41, 5.74) is 3.69. The number of likely N-dealkylation sites (tertiary alicyclic amines) is 1. The number of hydrogen-bond acceptors (Lipinski definition) is 3. The van der Waals surface area contributed by atoms with E-state index < -0.39 is 0 Å². The van der Waals surface area contributed by atoms with E-state index in [1.54, 1.807) is 0 Å². The minimum Gasteiger partial charge on any atom is -0.394 e. The van der Waals surface area contributed by atoms with Gasteiger partial charge >= 0.3 is 0 Å². The number of hydrogen-bond donors (Lipinski definition) is 1. The lowest BCUT2D eigenvalue weighted by atomic mass is 9.93. The predicted octanol–water partition coefficient (Wildman–Crippen LogP) is 2.50. The number of aryl methyl sites for hydroxylation is 1. The number of nitrogens with zero attached hydrogens (tertiary/aromatic N) is 3. The van der Waals surface area contributed by atoms with Crippen LogP contribution >= 0.6 is 0 Å². The number of aliphatic hydroxyl groups excluding tert-OH is 1. The van der Waals surface area contributed by atoms with Crippen molar-refractivity contribution in [2.24, 2.45) is 5.92 Å². The maximum absolute atomic E-state index is 9.09. The Labute approximate surface area is 122 Å². The van der Waals surface area contributed by atoms with Gasteiger partial charge in [-0.2, -0.15) is 5.10 Å². The van der Waals surface area contributed by atoms with Crippen molar-refractivity contribution in [3.8, 4) is 0 Å². The largest absolute Gasteiger partial charge is 0.394 e. The first-order valence-electron chi connectivity index (χ1n) is 8.01. The summed E-state index contributed by atoms with van der Waals surface area (Å²) in [4.78, 5) is 2.59. The van der Waals surface area contributed by atoms with Crippen LogP contribution < -0.4 is 0 Å². The molecule has 1 fully saturated rings. The first-order valence-corrected chi connectivity index (χ1v) is 8.01. The Hall–Kier alpha value is -0.870. The lowest BCUT2D eigenvalue weighted by Crippen LogP contribution is -2.35. The normalized spacial score (nSPS) is 20.5. The van der Waals surface area contributed by atoms with Crippen LogP contribution in [0, 0.1) is 19.8 Å². The van der Waals surface area contributed by atoms with Gasteiger partial charge in [-0.15, -0.1) is 0 Å². The van der Waals surface area contributed by atoms with Crippen molar-refractivity contribution in [3.05, 3.63) is 17.0 Å². The summed E-state index contributed by atoms with van der Waals surface area (Å²) in [5, 5.41) is 13.6. The Morgan fingerprint density at radius 3 is 2.85 bits per heavy atom. The number of rotatable bonds is 6. The minimum atomic E-state index is 0.156. The lowest BCUT2D eigenvalue weighted by molar-refractivity contribution is 0.160. The Kier molecular flexibility index (Phi) is 5.61. The molecule has 0 aliphatic carbocycles. The molecule has 0 bridgehead atoms. The van der Waals surface area contributed by atoms with Crippen molar-refractivity contribution in [3.63, 3.8) is 0 Å². The van der Waals surface area contributed by atoms with E-state index >= 15 is 0 Å². The molecule has 20 heavy (non-hydrogen) atoms. The van der Waals surface area contributed by atoms with E-state index in [4.69, 9.17) is 5.11 Å². The van der Waals surface area contributed by atoms with Gasteiger partial charge in [0.1, 0.15) is 0 Å². The van der Waals surface area contributed by atoms with Crippen LogP contribution in [0.5, 0.6) is 0 Å². The van der Waals surface area contributed by atoms with Gasteiger partial charge in [0.2, 0.25) is 0 Å². The third-order valence-corrected chi connectivity index (χ3v) is 4.52. The van der Waals surface area contributed by atoms with Gasteiger partial charge in [0.05, 0.1) is 18.8 Å². The maximum atomic E-state index is 9.09. The number of aliphatic hydroxyl groups is 1. The topological polar surface area (TPSA) is 41.3 Å². The van der Waals surface area contributed by atoms with Crippen molar-refractivity contribution in [1.82, 2.24) is 14.7 Å². The van der Waals surface area contributed by atoms with Gasteiger partial charge in [0.15, 0.2) is 0 Å². The van der Waals surface area contributed by atoms with E-state index in [2.05, 4.69) is 30.8 Å². The van der Waals surface area contributed by atoms with Crippen LogP contribution in [0.25, 0.3) is 0 Å². The first-order chi connectivity index (χ1) is 9.65. The summed E-state index contributed by atoms with van der Waals surface area (Å²) in [6.07, 6.45) is 5.38. The molecular formula is C16H29N3O. The highest BCUT2D eigenvalue weighted by Crippen LogP contribution is 2.24. The fourth-order valence-corrected chi connectivity index (χ4v) is 3.44. The molecule has 2 heterocycles. The second-order valence-corrected chi connectivity index (χ2v) is 6.13. The van der Waals surface area contributed by atoms with E-state index in [1.165, 1.54) is 50.0 Å². The highest BCUT2D eigenvalue weighted by molar-refractivity contribution is 5.24. The van der Waals surface area contributed by atoms with Crippen LogP contribution in [-0.2, 0) is 13.1 Å². The Morgan fingerprint density at radius 1 is 1.35 bits per heavy atom. The summed E-state index contributed by atoms with van der Waals surface area (Å²) in [6, 6.07) is 0. The van der Waals surface area contributed by atoms with Crippen molar-refractivity contribution in [2.75, 3.05) is 19.7 Å². The summed E-state index contributed by atoms with van der Waals surface area (Å²) >= 11 is 0. The molecule has 0 amide bonds. The summed E-state index contributed by atoms with van der Waals surface area (Å²) in [6.45, 7) is 10.7.